The van der Waals surface area contributed by atoms with Crippen LogP contribution >= 0.6 is 0 Å². The van der Waals surface area contributed by atoms with Gasteiger partial charge < -0.3 is 4.90 Å². The Kier molecular flexibility index (Phi) is 6.08. The fourth-order valence-electron chi connectivity index (χ4n) is 4.86. The van der Waals surface area contributed by atoms with Gasteiger partial charge in [0.25, 0.3) is 0 Å². The Labute approximate surface area is 266 Å². The Morgan fingerprint density at radius 3 is 1.43 bits per heavy atom. The van der Waals surface area contributed by atoms with E-state index in [1.165, 1.54) is 0 Å². The summed E-state index contributed by atoms with van der Waals surface area (Å²) in [5.41, 5.74) is 7.79. The van der Waals surface area contributed by atoms with Crippen LogP contribution in [0, 0.1) is 26.0 Å². The van der Waals surface area contributed by atoms with Crippen molar-refractivity contribution in [1.29, 1.82) is 0 Å². The molecular weight excluding hydrogens is 698 g/mol. The molecule has 0 bridgehead atoms. The first kappa shape index (κ1) is 21.9. The minimum absolute atomic E-state index is 0. The number of hydrogen-bond acceptors (Lipinski definition) is 5. The minimum Gasteiger partial charge on any atom is -0.346 e. The van der Waals surface area contributed by atoms with E-state index in [1.54, 1.807) is 17.0 Å². The van der Waals surface area contributed by atoms with Crippen molar-refractivity contribution >= 4 is 39.1 Å². The van der Waals surface area contributed by atoms with Gasteiger partial charge in [0.2, 0.25) is 0 Å². The van der Waals surface area contributed by atoms with Crippen molar-refractivity contribution in [3.05, 3.63) is 139 Å². The van der Waals surface area contributed by atoms with Crippen molar-refractivity contribution in [1.82, 2.24) is 19.9 Å². The summed E-state index contributed by atoms with van der Waals surface area (Å²) >= 11 is 0. The third-order valence-electron chi connectivity index (χ3n) is 6.75. The molecule has 0 aliphatic carbocycles. The molecule has 0 radical (unpaired) electrons. The molecule has 0 unspecified atom stereocenters. The molecule has 0 saturated carbocycles. The van der Waals surface area contributed by atoms with Gasteiger partial charge in [-0.05, 0) is 61.6 Å². The third kappa shape index (κ3) is 5.20. The van der Waals surface area contributed by atoms with Gasteiger partial charge in [-0.25, -0.2) is 0 Å². The smallest absolute Gasteiger partial charge is 0.346 e. The first-order chi connectivity index (χ1) is 22.2. The van der Waals surface area contributed by atoms with Crippen LogP contribution in [0.5, 0.6) is 0 Å². The number of hydrogen-bond donors (Lipinski definition) is 0. The molecule has 7 aromatic rings. The molecule has 0 spiro atoms. The summed E-state index contributed by atoms with van der Waals surface area (Å²) in [5, 5.41) is 0. The fourth-order valence-corrected chi connectivity index (χ4v) is 4.86. The number of nitrogens with zero attached hydrogens (tertiary/aromatic N) is 5. The van der Waals surface area contributed by atoms with Gasteiger partial charge in [-0.15, -0.1) is 59.7 Å². The van der Waals surface area contributed by atoms with E-state index in [0.29, 0.717) is 45.3 Å². The molecule has 0 saturated heterocycles. The second-order valence-electron chi connectivity index (χ2n) is 9.50. The van der Waals surface area contributed by atoms with E-state index >= 15 is 0 Å². The van der Waals surface area contributed by atoms with E-state index in [0.717, 1.165) is 22.1 Å². The molecule has 0 aliphatic rings. The normalized spacial score (nSPS) is 12.6. The molecule has 0 atom stereocenters. The van der Waals surface area contributed by atoms with Crippen LogP contribution in [0.1, 0.15) is 18.2 Å². The molecule has 42 heavy (non-hydrogen) atoms. The monoisotopic (exact) mass is 727 g/mol. The first-order valence-corrected chi connectivity index (χ1v) is 13.1. The summed E-state index contributed by atoms with van der Waals surface area (Å²) in [5.74, 6) is 0. The Morgan fingerprint density at radius 1 is 0.548 bits per heavy atom. The second-order valence-corrected chi connectivity index (χ2v) is 9.50. The fraction of sp³-hybridized carbons (Fsp3) is 0.0556. The van der Waals surface area contributed by atoms with Crippen LogP contribution in [-0.4, -0.2) is 19.9 Å². The van der Waals surface area contributed by atoms with Gasteiger partial charge in [-0.1, -0.05) is 42.4 Å². The van der Waals surface area contributed by atoms with Gasteiger partial charge >= 0.3 is 21.1 Å². The number of rotatable bonds is 5. The van der Waals surface area contributed by atoms with Crippen LogP contribution in [0.2, 0.25) is 0 Å². The van der Waals surface area contributed by atoms with Crippen LogP contribution in [0.15, 0.2) is 115 Å². The summed E-state index contributed by atoms with van der Waals surface area (Å²) in [4.78, 5) is 20.8. The van der Waals surface area contributed by atoms with Crippen molar-refractivity contribution in [2.24, 2.45) is 0 Å². The Bertz CT molecular complexity index is 2170. The SMILES string of the molecule is [2H]c1c([2H])c([2H])c(N(c2[c-]c(-c3nc4ccccc4nc3C)ccc2)c2[c-]c(-c3nc4ccccc4nc3C)ccc2)c([2H])c1[2H].[Pt+2]. The topological polar surface area (TPSA) is 54.8 Å². The van der Waals surface area contributed by atoms with Crippen molar-refractivity contribution in [2.75, 3.05) is 4.90 Å². The van der Waals surface area contributed by atoms with E-state index < -0.39 is 18.1 Å². The Morgan fingerprint density at radius 2 is 0.976 bits per heavy atom. The first-order valence-electron chi connectivity index (χ1n) is 15.6. The number of fused-ring (bicyclic) bond motifs is 2. The Hall–Kier alpha value is -4.73. The van der Waals surface area contributed by atoms with E-state index in [2.05, 4.69) is 12.1 Å². The molecule has 0 amide bonds. The second kappa shape index (κ2) is 11.6. The van der Waals surface area contributed by atoms with E-state index in [-0.39, 0.29) is 38.8 Å². The molecule has 204 valence electrons. The average molecular weight is 728 g/mol. The van der Waals surface area contributed by atoms with Crippen LogP contribution in [0.4, 0.5) is 17.1 Å². The maximum Gasteiger partial charge on any atom is 2.00 e. The predicted octanol–water partition coefficient (Wildman–Crippen LogP) is 8.59. The quantitative estimate of drug-likeness (QED) is 0.166. The number of aryl methyl sites for hydroxylation is 2. The summed E-state index contributed by atoms with van der Waals surface area (Å²) in [6, 6.07) is 30.9. The van der Waals surface area contributed by atoms with Crippen molar-refractivity contribution < 1.29 is 27.9 Å². The van der Waals surface area contributed by atoms with Crippen molar-refractivity contribution in [2.45, 2.75) is 13.8 Å². The van der Waals surface area contributed by atoms with Gasteiger partial charge in [0, 0.05) is 28.5 Å². The van der Waals surface area contributed by atoms with Gasteiger partial charge in [0.1, 0.15) is 0 Å². The maximum absolute atomic E-state index is 8.86. The molecule has 0 aliphatic heterocycles. The van der Waals surface area contributed by atoms with Gasteiger partial charge in [-0.3, -0.25) is 19.9 Å². The largest absolute Gasteiger partial charge is 2.00 e. The summed E-state index contributed by atoms with van der Waals surface area (Å²) in [6.45, 7) is 3.76. The third-order valence-corrected chi connectivity index (χ3v) is 6.75. The van der Waals surface area contributed by atoms with E-state index in [1.807, 2.05) is 86.6 Å². The van der Waals surface area contributed by atoms with Crippen LogP contribution < -0.4 is 4.90 Å². The van der Waals surface area contributed by atoms with Crippen molar-refractivity contribution in [3.63, 3.8) is 0 Å². The zero-order chi connectivity index (χ0) is 32.1. The van der Waals surface area contributed by atoms with Gasteiger partial charge in [-0.2, -0.15) is 0 Å². The molecule has 5 nitrogen and oxygen atoms in total. The minimum atomic E-state index is -0.474. The average Bonchev–Trinajstić information content (AvgIpc) is 3.08. The van der Waals surface area contributed by atoms with E-state index in [4.69, 9.17) is 26.8 Å². The predicted molar refractivity (Wildman–Crippen MR) is 165 cm³/mol. The molecular formula is C36H25N5Pt. The Balaban J connectivity index is 0.00000386. The molecule has 7 rings (SSSR count). The molecule has 2 heterocycles. The van der Waals surface area contributed by atoms with Gasteiger partial charge in [0.05, 0.1) is 28.9 Å². The molecule has 6 heteroatoms. The standard InChI is InChI=1S/C36H25N5.Pt/c1-24-35(39-33-20-8-6-18-31(33)37-24)26-12-10-16-29(22-26)41(28-14-4-3-5-15-28)30-17-11-13-27(23-30)36-25(2)38-32-19-7-9-21-34(32)40-36;/h3-21H,1-2H3;/q-2;+2/i3D,4D,5D,14D,15D;. The van der Waals surface area contributed by atoms with Gasteiger partial charge in [0.15, 0.2) is 0 Å². The van der Waals surface area contributed by atoms with Crippen LogP contribution in [0.3, 0.4) is 0 Å². The molecule has 2 aromatic heterocycles. The van der Waals surface area contributed by atoms with E-state index in [9.17, 15) is 0 Å². The molecule has 0 N–H and O–H groups in total. The number of benzene rings is 5. The number of aromatic nitrogens is 4. The van der Waals surface area contributed by atoms with Crippen LogP contribution in [0.25, 0.3) is 44.6 Å². The van der Waals surface area contributed by atoms with Crippen LogP contribution in [-0.2, 0) is 21.1 Å². The maximum atomic E-state index is 8.86. The zero-order valence-electron chi connectivity index (χ0n) is 27.6. The number of anilines is 3. The molecule has 5 aromatic carbocycles. The summed E-state index contributed by atoms with van der Waals surface area (Å²) in [6.07, 6.45) is 0. The number of para-hydroxylation sites is 5. The summed E-state index contributed by atoms with van der Waals surface area (Å²) in [7, 11) is 0. The molecule has 0 fully saturated rings. The van der Waals surface area contributed by atoms with Crippen molar-refractivity contribution in [3.8, 4) is 22.5 Å². The zero-order valence-corrected chi connectivity index (χ0v) is 24.9. The summed E-state index contributed by atoms with van der Waals surface area (Å²) < 4.78 is 42.8.